The summed E-state index contributed by atoms with van der Waals surface area (Å²) in [5, 5.41) is 5.00. The molecule has 2 heterocycles. The van der Waals surface area contributed by atoms with Crippen LogP contribution >= 0.6 is 12.4 Å². The molecule has 3 heteroatoms. The topological polar surface area (TPSA) is 17.0 Å². The van der Waals surface area contributed by atoms with E-state index in [1.165, 1.54) is 106 Å². The fourth-order valence-electron chi connectivity index (χ4n) is 6.52. The average molecular weight is 479 g/mol. The summed E-state index contributed by atoms with van der Waals surface area (Å²) < 4.78 is 2.61. The van der Waals surface area contributed by atoms with Gasteiger partial charge in [-0.05, 0) is 81.1 Å². The van der Waals surface area contributed by atoms with E-state index < -0.39 is 0 Å². The van der Waals surface area contributed by atoms with E-state index in [1.807, 2.05) is 0 Å². The maximum Gasteiger partial charge on any atom is 0.0483 e. The second kappa shape index (κ2) is 12.3. The van der Waals surface area contributed by atoms with Crippen LogP contribution in [-0.4, -0.2) is 17.7 Å². The molecule has 1 N–H and O–H groups in total. The van der Waals surface area contributed by atoms with Crippen molar-refractivity contribution in [2.24, 2.45) is 11.8 Å². The molecule has 0 bridgehead atoms. The van der Waals surface area contributed by atoms with Gasteiger partial charge in [-0.25, -0.2) is 0 Å². The molecule has 3 aromatic rings. The van der Waals surface area contributed by atoms with Gasteiger partial charge in [-0.1, -0.05) is 80.1 Å². The van der Waals surface area contributed by atoms with Crippen molar-refractivity contribution in [3.05, 3.63) is 71.4 Å². The quantitative estimate of drug-likeness (QED) is 0.344. The fourth-order valence-corrected chi connectivity index (χ4v) is 6.52. The number of piperidine rings is 1. The van der Waals surface area contributed by atoms with E-state index in [9.17, 15) is 0 Å². The van der Waals surface area contributed by atoms with E-state index in [2.05, 4.69) is 71.5 Å². The third-order valence-corrected chi connectivity index (χ3v) is 8.38. The van der Waals surface area contributed by atoms with Crippen LogP contribution in [0.4, 0.5) is 0 Å². The first-order chi connectivity index (χ1) is 16.3. The maximum atomic E-state index is 3.53. The van der Waals surface area contributed by atoms with Crippen LogP contribution in [0, 0.1) is 18.8 Å². The van der Waals surface area contributed by atoms with Gasteiger partial charge in [0.1, 0.15) is 0 Å². The summed E-state index contributed by atoms with van der Waals surface area (Å²) >= 11 is 0. The van der Waals surface area contributed by atoms with Gasteiger partial charge >= 0.3 is 0 Å². The minimum Gasteiger partial charge on any atom is -0.347 e. The number of rotatable bonds is 8. The monoisotopic (exact) mass is 478 g/mol. The van der Waals surface area contributed by atoms with Crippen molar-refractivity contribution >= 4 is 23.3 Å². The standard InChI is InChI=1S/C31H42N2.ClH/c1-24-9-7-13-27(21-24)28(15-8-12-25-17-19-32-20-18-25)30-23-33(22-26-10-3-2-4-11-26)31-16-6-5-14-29(30)31;/h5-7,9,13-14,16,21,23,25-26,28,32H,2-4,8,10-12,15,17-20,22H2,1H3;1H. The minimum absolute atomic E-state index is 0. The molecule has 1 aliphatic carbocycles. The van der Waals surface area contributed by atoms with E-state index in [0.29, 0.717) is 5.92 Å². The van der Waals surface area contributed by atoms with Gasteiger partial charge in [0, 0.05) is 29.6 Å². The summed E-state index contributed by atoms with van der Waals surface area (Å²) in [7, 11) is 0. The first-order valence-corrected chi connectivity index (χ1v) is 13.6. The molecule has 2 fully saturated rings. The van der Waals surface area contributed by atoms with Crippen molar-refractivity contribution in [2.45, 2.75) is 83.6 Å². The van der Waals surface area contributed by atoms with Crippen molar-refractivity contribution in [3.8, 4) is 0 Å². The zero-order chi connectivity index (χ0) is 22.5. The molecule has 0 amide bonds. The molecule has 1 aromatic heterocycles. The number of para-hydroxylation sites is 1. The van der Waals surface area contributed by atoms with Gasteiger partial charge in [-0.3, -0.25) is 0 Å². The van der Waals surface area contributed by atoms with Crippen molar-refractivity contribution < 1.29 is 0 Å². The molecule has 0 radical (unpaired) electrons. The Morgan fingerprint density at radius 3 is 2.50 bits per heavy atom. The Balaban J connectivity index is 0.00000274. The summed E-state index contributed by atoms with van der Waals surface area (Å²) in [5.41, 5.74) is 5.87. The molecule has 1 saturated carbocycles. The Morgan fingerprint density at radius 2 is 1.71 bits per heavy atom. The van der Waals surface area contributed by atoms with Gasteiger partial charge in [-0.2, -0.15) is 0 Å². The van der Waals surface area contributed by atoms with Crippen molar-refractivity contribution in [3.63, 3.8) is 0 Å². The predicted octanol–water partition coefficient (Wildman–Crippen LogP) is 8.25. The van der Waals surface area contributed by atoms with E-state index in [1.54, 1.807) is 5.56 Å². The van der Waals surface area contributed by atoms with Crippen LogP contribution in [0.5, 0.6) is 0 Å². The van der Waals surface area contributed by atoms with Gasteiger partial charge in [0.25, 0.3) is 0 Å². The summed E-state index contributed by atoms with van der Waals surface area (Å²) in [5.74, 6) is 2.25. The summed E-state index contributed by atoms with van der Waals surface area (Å²) in [4.78, 5) is 0. The number of hydrogen-bond donors (Lipinski definition) is 1. The maximum absolute atomic E-state index is 3.53. The Hall–Kier alpha value is -1.77. The lowest BCUT2D eigenvalue weighted by molar-refractivity contribution is 0.322. The van der Waals surface area contributed by atoms with Gasteiger partial charge < -0.3 is 9.88 Å². The zero-order valence-corrected chi connectivity index (χ0v) is 21.8. The third kappa shape index (κ3) is 6.07. The van der Waals surface area contributed by atoms with E-state index in [4.69, 9.17) is 0 Å². The molecule has 1 atom stereocenters. The highest BCUT2D eigenvalue weighted by molar-refractivity contribution is 5.85. The molecular formula is C31H43ClN2. The highest BCUT2D eigenvalue weighted by Crippen LogP contribution is 2.38. The zero-order valence-electron chi connectivity index (χ0n) is 21.0. The van der Waals surface area contributed by atoms with Crippen molar-refractivity contribution in [2.75, 3.05) is 13.1 Å². The van der Waals surface area contributed by atoms with Crippen LogP contribution in [0.25, 0.3) is 10.9 Å². The van der Waals surface area contributed by atoms with Crippen molar-refractivity contribution in [1.82, 2.24) is 9.88 Å². The molecule has 1 unspecified atom stereocenters. The first kappa shape index (κ1) is 25.3. The number of halogens is 1. The molecule has 1 saturated heterocycles. The number of aryl methyl sites for hydroxylation is 1. The summed E-state index contributed by atoms with van der Waals surface area (Å²) in [6, 6.07) is 18.5. The lowest BCUT2D eigenvalue weighted by Gasteiger charge is -2.24. The first-order valence-electron chi connectivity index (χ1n) is 13.6. The van der Waals surface area contributed by atoms with Crippen LogP contribution in [0.2, 0.25) is 0 Å². The van der Waals surface area contributed by atoms with Crippen LogP contribution in [0.1, 0.15) is 86.8 Å². The predicted molar refractivity (Wildman–Crippen MR) is 148 cm³/mol. The highest BCUT2D eigenvalue weighted by atomic mass is 35.5. The van der Waals surface area contributed by atoms with Gasteiger partial charge in [0.15, 0.2) is 0 Å². The number of fused-ring (bicyclic) bond motifs is 1. The lowest BCUT2D eigenvalue weighted by Crippen LogP contribution is -2.27. The average Bonchev–Trinajstić information content (AvgIpc) is 3.21. The molecule has 2 aromatic carbocycles. The lowest BCUT2D eigenvalue weighted by atomic mass is 9.84. The highest BCUT2D eigenvalue weighted by Gasteiger charge is 2.22. The SMILES string of the molecule is Cc1cccc(C(CCCC2CCNCC2)c2cn(CC3CCCCC3)c3ccccc23)c1.Cl. The van der Waals surface area contributed by atoms with Crippen LogP contribution < -0.4 is 5.32 Å². The Morgan fingerprint density at radius 1 is 0.912 bits per heavy atom. The molecule has 0 spiro atoms. The Labute approximate surface area is 212 Å². The second-order valence-corrected chi connectivity index (χ2v) is 10.8. The fraction of sp³-hybridized carbons (Fsp3) is 0.548. The van der Waals surface area contributed by atoms with Gasteiger partial charge in [0.05, 0.1) is 0 Å². The second-order valence-electron chi connectivity index (χ2n) is 10.8. The Kier molecular flexibility index (Phi) is 9.14. The third-order valence-electron chi connectivity index (χ3n) is 8.38. The van der Waals surface area contributed by atoms with E-state index in [-0.39, 0.29) is 12.4 Å². The smallest absolute Gasteiger partial charge is 0.0483 e. The van der Waals surface area contributed by atoms with Crippen LogP contribution in [0.3, 0.4) is 0 Å². The number of aromatic nitrogens is 1. The molecular weight excluding hydrogens is 436 g/mol. The molecule has 1 aliphatic heterocycles. The molecule has 34 heavy (non-hydrogen) atoms. The van der Waals surface area contributed by atoms with Crippen LogP contribution in [-0.2, 0) is 6.54 Å². The van der Waals surface area contributed by atoms with Gasteiger partial charge in [-0.15, -0.1) is 12.4 Å². The number of benzene rings is 2. The largest absolute Gasteiger partial charge is 0.347 e. The normalized spacial score (nSPS) is 18.6. The Bertz CT molecular complexity index is 1030. The van der Waals surface area contributed by atoms with Gasteiger partial charge in [0.2, 0.25) is 0 Å². The summed E-state index contributed by atoms with van der Waals surface area (Å²) in [6.45, 7) is 5.85. The minimum atomic E-state index is 0. The molecule has 2 aliphatic rings. The van der Waals surface area contributed by atoms with E-state index >= 15 is 0 Å². The number of nitrogens with zero attached hydrogens (tertiary/aromatic N) is 1. The van der Waals surface area contributed by atoms with Crippen molar-refractivity contribution in [1.29, 1.82) is 0 Å². The number of nitrogens with one attached hydrogen (secondary N) is 1. The van der Waals surface area contributed by atoms with E-state index in [0.717, 1.165) is 11.8 Å². The summed E-state index contributed by atoms with van der Waals surface area (Å²) in [6.07, 6.45) is 16.3. The molecule has 5 rings (SSSR count). The van der Waals surface area contributed by atoms with Crippen LogP contribution in [0.15, 0.2) is 54.7 Å². The number of hydrogen-bond acceptors (Lipinski definition) is 1. The molecule has 2 nitrogen and oxygen atoms in total. The molecule has 184 valence electrons.